The summed E-state index contributed by atoms with van der Waals surface area (Å²) < 4.78 is 0. The van der Waals surface area contributed by atoms with E-state index in [4.69, 9.17) is 0 Å². The Labute approximate surface area is 107 Å². The first-order valence-electron chi connectivity index (χ1n) is 5.84. The van der Waals surface area contributed by atoms with Crippen LogP contribution in [-0.2, 0) is 11.2 Å². The number of hydrogen-bond acceptors (Lipinski definition) is 4. The molecule has 1 aliphatic heterocycles. The highest BCUT2D eigenvalue weighted by Crippen LogP contribution is 2.10. The molecule has 0 radical (unpaired) electrons. The molecular weight excluding hydrogens is 234 g/mol. The molecule has 2 heterocycles. The van der Waals surface area contributed by atoms with Crippen LogP contribution in [0.15, 0.2) is 24.5 Å². The normalized spacial score (nSPS) is 17.8. The maximum absolute atomic E-state index is 12.1. The van der Waals surface area contributed by atoms with Gasteiger partial charge in [0.2, 0.25) is 5.91 Å². The molecule has 1 N–H and O–H groups in total. The number of pyridine rings is 1. The smallest absolute Gasteiger partial charge is 0.235 e. The lowest BCUT2D eigenvalue weighted by Crippen LogP contribution is -2.49. The standard InChI is InChI=1S/C12H17N3OS/c16-12(15-6-4-13-5-7-15)11(17)8-10-2-1-3-14-9-10/h1-3,9,11,13,17H,4-8H2. The van der Waals surface area contributed by atoms with E-state index in [1.807, 2.05) is 17.0 Å². The Balaban J connectivity index is 1.90. The van der Waals surface area contributed by atoms with Crippen molar-refractivity contribution in [1.82, 2.24) is 15.2 Å². The molecule has 1 aromatic rings. The van der Waals surface area contributed by atoms with Crippen molar-refractivity contribution in [3.05, 3.63) is 30.1 Å². The third-order valence-corrected chi connectivity index (χ3v) is 3.27. The zero-order valence-corrected chi connectivity index (χ0v) is 10.6. The minimum atomic E-state index is -0.266. The van der Waals surface area contributed by atoms with Gasteiger partial charge in [-0.25, -0.2) is 0 Å². The van der Waals surface area contributed by atoms with Crippen LogP contribution in [0.2, 0.25) is 0 Å². The maximum atomic E-state index is 12.1. The van der Waals surface area contributed by atoms with Crippen LogP contribution < -0.4 is 5.32 Å². The van der Waals surface area contributed by atoms with Gasteiger partial charge < -0.3 is 10.2 Å². The molecule has 1 amide bonds. The monoisotopic (exact) mass is 251 g/mol. The highest BCUT2D eigenvalue weighted by molar-refractivity contribution is 7.81. The summed E-state index contributed by atoms with van der Waals surface area (Å²) in [5, 5.41) is 2.96. The molecule has 4 nitrogen and oxygen atoms in total. The van der Waals surface area contributed by atoms with E-state index in [1.165, 1.54) is 0 Å². The number of thiol groups is 1. The van der Waals surface area contributed by atoms with Crippen LogP contribution in [0, 0.1) is 0 Å². The van der Waals surface area contributed by atoms with E-state index in [9.17, 15) is 4.79 Å². The van der Waals surface area contributed by atoms with Gasteiger partial charge in [-0.1, -0.05) is 6.07 Å². The van der Waals surface area contributed by atoms with Crippen LogP contribution in [0.4, 0.5) is 0 Å². The predicted octanol–water partition coefficient (Wildman–Crippen LogP) is 0.354. The highest BCUT2D eigenvalue weighted by atomic mass is 32.1. The lowest BCUT2D eigenvalue weighted by Gasteiger charge is -2.29. The van der Waals surface area contributed by atoms with Gasteiger partial charge in [0.15, 0.2) is 0 Å². The second-order valence-electron chi connectivity index (χ2n) is 4.16. The van der Waals surface area contributed by atoms with Crippen molar-refractivity contribution in [2.75, 3.05) is 26.2 Å². The van der Waals surface area contributed by atoms with Crippen molar-refractivity contribution in [1.29, 1.82) is 0 Å². The van der Waals surface area contributed by atoms with Gasteiger partial charge in [-0.3, -0.25) is 9.78 Å². The van der Waals surface area contributed by atoms with Crippen molar-refractivity contribution in [2.24, 2.45) is 0 Å². The Hall–Kier alpha value is -1.07. The maximum Gasteiger partial charge on any atom is 0.235 e. The van der Waals surface area contributed by atoms with Crippen LogP contribution in [0.3, 0.4) is 0 Å². The average Bonchev–Trinajstić information content (AvgIpc) is 2.40. The van der Waals surface area contributed by atoms with E-state index in [0.717, 1.165) is 31.7 Å². The molecule has 92 valence electrons. The summed E-state index contributed by atoms with van der Waals surface area (Å²) in [6.45, 7) is 3.31. The summed E-state index contributed by atoms with van der Waals surface area (Å²) in [6.07, 6.45) is 4.16. The van der Waals surface area contributed by atoms with Gasteiger partial charge in [0.05, 0.1) is 5.25 Å². The van der Waals surface area contributed by atoms with Crippen molar-refractivity contribution in [2.45, 2.75) is 11.7 Å². The molecule has 0 bridgehead atoms. The molecule has 2 rings (SSSR count). The zero-order chi connectivity index (χ0) is 12.1. The molecule has 1 aromatic heterocycles. The number of rotatable bonds is 3. The number of piperazine rings is 1. The average molecular weight is 251 g/mol. The van der Waals surface area contributed by atoms with E-state index in [1.54, 1.807) is 12.4 Å². The number of amides is 1. The van der Waals surface area contributed by atoms with Crippen LogP contribution in [0.5, 0.6) is 0 Å². The van der Waals surface area contributed by atoms with Crippen LogP contribution in [0.1, 0.15) is 5.56 Å². The molecule has 0 saturated carbocycles. The lowest BCUT2D eigenvalue weighted by molar-refractivity contribution is -0.131. The highest BCUT2D eigenvalue weighted by Gasteiger charge is 2.22. The van der Waals surface area contributed by atoms with Gasteiger partial charge in [0, 0.05) is 38.6 Å². The fourth-order valence-corrected chi connectivity index (χ4v) is 2.30. The Morgan fingerprint density at radius 2 is 2.29 bits per heavy atom. The first-order chi connectivity index (χ1) is 8.27. The van der Waals surface area contributed by atoms with E-state index >= 15 is 0 Å². The van der Waals surface area contributed by atoms with Crippen LogP contribution in [-0.4, -0.2) is 47.2 Å². The predicted molar refractivity (Wildman–Crippen MR) is 70.2 cm³/mol. The Bertz CT molecular complexity index is 365. The quantitative estimate of drug-likeness (QED) is 0.762. The third-order valence-electron chi connectivity index (χ3n) is 2.87. The zero-order valence-electron chi connectivity index (χ0n) is 9.67. The lowest BCUT2D eigenvalue weighted by atomic mass is 10.1. The number of nitrogens with one attached hydrogen (secondary N) is 1. The molecule has 1 saturated heterocycles. The molecule has 1 atom stereocenters. The Kier molecular flexibility index (Phi) is 4.39. The first kappa shape index (κ1) is 12.4. The van der Waals surface area contributed by atoms with Gasteiger partial charge in [0.25, 0.3) is 0 Å². The van der Waals surface area contributed by atoms with Crippen molar-refractivity contribution < 1.29 is 4.79 Å². The van der Waals surface area contributed by atoms with E-state index < -0.39 is 0 Å². The summed E-state index contributed by atoms with van der Waals surface area (Å²) in [5.74, 6) is 0.124. The van der Waals surface area contributed by atoms with Crippen molar-refractivity contribution in [3.8, 4) is 0 Å². The molecule has 1 fully saturated rings. The largest absolute Gasteiger partial charge is 0.339 e. The van der Waals surface area contributed by atoms with E-state index in [0.29, 0.717) is 6.42 Å². The van der Waals surface area contributed by atoms with Gasteiger partial charge in [0.1, 0.15) is 0 Å². The van der Waals surface area contributed by atoms with Crippen LogP contribution >= 0.6 is 12.6 Å². The molecular formula is C12H17N3OS. The molecule has 0 spiro atoms. The van der Waals surface area contributed by atoms with Crippen molar-refractivity contribution in [3.63, 3.8) is 0 Å². The van der Waals surface area contributed by atoms with Gasteiger partial charge >= 0.3 is 0 Å². The number of carbonyl (C=O) groups is 1. The number of carbonyl (C=O) groups excluding carboxylic acids is 1. The van der Waals surface area contributed by atoms with Crippen LogP contribution in [0.25, 0.3) is 0 Å². The Morgan fingerprint density at radius 1 is 1.53 bits per heavy atom. The van der Waals surface area contributed by atoms with Crippen molar-refractivity contribution >= 4 is 18.5 Å². The summed E-state index contributed by atoms with van der Waals surface area (Å²) in [6, 6.07) is 3.85. The second-order valence-corrected chi connectivity index (χ2v) is 4.78. The fraction of sp³-hybridized carbons (Fsp3) is 0.500. The summed E-state index contributed by atoms with van der Waals surface area (Å²) in [7, 11) is 0. The summed E-state index contributed by atoms with van der Waals surface area (Å²) in [4.78, 5) is 18.0. The fourth-order valence-electron chi connectivity index (χ4n) is 1.93. The molecule has 0 aromatic carbocycles. The number of hydrogen-bond donors (Lipinski definition) is 2. The molecule has 5 heteroatoms. The number of nitrogens with zero attached hydrogens (tertiary/aromatic N) is 2. The van der Waals surface area contributed by atoms with E-state index in [-0.39, 0.29) is 11.2 Å². The Morgan fingerprint density at radius 3 is 2.94 bits per heavy atom. The minimum Gasteiger partial charge on any atom is -0.339 e. The molecule has 0 aliphatic carbocycles. The van der Waals surface area contributed by atoms with Gasteiger partial charge in [-0.15, -0.1) is 0 Å². The topological polar surface area (TPSA) is 45.2 Å². The first-order valence-corrected chi connectivity index (χ1v) is 6.35. The summed E-state index contributed by atoms with van der Waals surface area (Å²) >= 11 is 4.41. The minimum absolute atomic E-state index is 0.124. The van der Waals surface area contributed by atoms with Gasteiger partial charge in [-0.05, 0) is 18.1 Å². The third kappa shape index (κ3) is 3.44. The second kappa shape index (κ2) is 6.02. The SMILES string of the molecule is O=C(C(S)Cc1cccnc1)N1CCNCC1. The molecule has 17 heavy (non-hydrogen) atoms. The van der Waals surface area contributed by atoms with E-state index in [2.05, 4.69) is 22.9 Å². The van der Waals surface area contributed by atoms with Gasteiger partial charge in [-0.2, -0.15) is 12.6 Å². The molecule has 1 aliphatic rings. The summed E-state index contributed by atoms with van der Waals surface area (Å²) in [5.41, 5.74) is 1.05. The number of aromatic nitrogens is 1. The molecule has 1 unspecified atom stereocenters.